The van der Waals surface area contributed by atoms with Crippen LogP contribution in [0.2, 0.25) is 0 Å². The van der Waals surface area contributed by atoms with Gasteiger partial charge in [-0.05, 0) is 19.4 Å². The van der Waals surface area contributed by atoms with Gasteiger partial charge in [-0.2, -0.15) is 0 Å². The van der Waals surface area contributed by atoms with Crippen molar-refractivity contribution >= 4 is 0 Å². The number of nitrogens with zero attached hydrogens (tertiary/aromatic N) is 2. The van der Waals surface area contributed by atoms with Crippen molar-refractivity contribution < 1.29 is 9.47 Å². The van der Waals surface area contributed by atoms with Crippen molar-refractivity contribution in [3.63, 3.8) is 0 Å². The summed E-state index contributed by atoms with van der Waals surface area (Å²) in [7, 11) is 0. The molecule has 2 aromatic rings. The van der Waals surface area contributed by atoms with Crippen molar-refractivity contribution in [2.45, 2.75) is 39.7 Å². The first-order valence-electron chi connectivity index (χ1n) is 6.98. The molecule has 0 aliphatic rings. The number of hydrogen-bond donors (Lipinski definition) is 0. The van der Waals surface area contributed by atoms with Gasteiger partial charge in [0.15, 0.2) is 0 Å². The summed E-state index contributed by atoms with van der Waals surface area (Å²) < 4.78 is 13.4. The summed E-state index contributed by atoms with van der Waals surface area (Å²) in [5, 5.41) is 0. The zero-order chi connectivity index (χ0) is 14.2. The van der Waals surface area contributed by atoms with Gasteiger partial charge in [-0.25, -0.2) is 4.98 Å². The number of imidazole rings is 1. The molecule has 4 nitrogen and oxygen atoms in total. The van der Waals surface area contributed by atoms with Crippen LogP contribution in [0.15, 0.2) is 42.9 Å². The summed E-state index contributed by atoms with van der Waals surface area (Å²) in [5.41, 5.74) is 2.28. The lowest BCUT2D eigenvalue weighted by Crippen LogP contribution is -2.11. The zero-order valence-corrected chi connectivity index (χ0v) is 12.2. The van der Waals surface area contributed by atoms with E-state index < -0.39 is 0 Å². The number of rotatable bonds is 8. The second-order valence-electron chi connectivity index (χ2n) is 4.98. The molecule has 0 spiro atoms. The third-order valence-corrected chi connectivity index (χ3v) is 2.95. The molecule has 0 radical (unpaired) electrons. The van der Waals surface area contributed by atoms with Crippen molar-refractivity contribution in [3.05, 3.63) is 54.1 Å². The zero-order valence-electron chi connectivity index (χ0n) is 12.2. The molecule has 0 saturated carbocycles. The second-order valence-corrected chi connectivity index (χ2v) is 4.98. The summed E-state index contributed by atoms with van der Waals surface area (Å²) >= 11 is 0. The molecule has 20 heavy (non-hydrogen) atoms. The Morgan fingerprint density at radius 1 is 1.15 bits per heavy atom. The SMILES string of the molecule is CC(C)OCc1cncn1CCOCc1ccccc1. The molecule has 0 atom stereocenters. The first-order chi connectivity index (χ1) is 9.75. The van der Waals surface area contributed by atoms with Crippen molar-refractivity contribution in [1.29, 1.82) is 0 Å². The van der Waals surface area contributed by atoms with Gasteiger partial charge in [-0.15, -0.1) is 0 Å². The number of benzene rings is 1. The Kier molecular flexibility index (Phi) is 5.77. The van der Waals surface area contributed by atoms with Crippen LogP contribution in [0.4, 0.5) is 0 Å². The van der Waals surface area contributed by atoms with Crippen molar-refractivity contribution in [2.75, 3.05) is 6.61 Å². The summed E-state index contributed by atoms with van der Waals surface area (Å²) in [6, 6.07) is 10.2. The Morgan fingerprint density at radius 2 is 1.95 bits per heavy atom. The highest BCUT2D eigenvalue weighted by atomic mass is 16.5. The molecule has 1 heterocycles. The molecule has 0 saturated heterocycles. The molecule has 0 unspecified atom stereocenters. The van der Waals surface area contributed by atoms with Crippen LogP contribution < -0.4 is 0 Å². The molecule has 108 valence electrons. The van der Waals surface area contributed by atoms with E-state index in [1.807, 2.05) is 44.6 Å². The molecule has 0 fully saturated rings. The van der Waals surface area contributed by atoms with Crippen LogP contribution >= 0.6 is 0 Å². The van der Waals surface area contributed by atoms with E-state index in [1.165, 1.54) is 5.56 Å². The maximum Gasteiger partial charge on any atom is 0.0949 e. The predicted molar refractivity (Wildman–Crippen MR) is 78.3 cm³/mol. The molecule has 0 N–H and O–H groups in total. The lowest BCUT2D eigenvalue weighted by molar-refractivity contribution is 0.0598. The first kappa shape index (κ1) is 14.8. The molecule has 0 bridgehead atoms. The van der Waals surface area contributed by atoms with Gasteiger partial charge in [0.2, 0.25) is 0 Å². The molecule has 1 aromatic carbocycles. The second kappa shape index (κ2) is 7.82. The Labute approximate surface area is 120 Å². The Balaban J connectivity index is 1.73. The molecular formula is C16H22N2O2. The summed E-state index contributed by atoms with van der Waals surface area (Å²) in [6.45, 7) is 6.76. The van der Waals surface area contributed by atoms with Crippen LogP contribution in [0.25, 0.3) is 0 Å². The maximum absolute atomic E-state index is 5.68. The number of aromatic nitrogens is 2. The maximum atomic E-state index is 5.68. The van der Waals surface area contributed by atoms with Crippen LogP contribution in [0, 0.1) is 0 Å². The number of ether oxygens (including phenoxy) is 2. The van der Waals surface area contributed by atoms with Gasteiger partial charge in [-0.3, -0.25) is 0 Å². The normalized spacial score (nSPS) is 11.2. The Morgan fingerprint density at radius 3 is 2.70 bits per heavy atom. The summed E-state index contributed by atoms with van der Waals surface area (Å²) in [6.07, 6.45) is 3.90. The average molecular weight is 274 g/mol. The summed E-state index contributed by atoms with van der Waals surface area (Å²) in [5.74, 6) is 0. The fraction of sp³-hybridized carbons (Fsp3) is 0.438. The highest BCUT2D eigenvalue weighted by molar-refractivity contribution is 5.13. The van der Waals surface area contributed by atoms with Crippen LogP contribution in [-0.4, -0.2) is 22.3 Å². The van der Waals surface area contributed by atoms with Crippen LogP contribution in [0.3, 0.4) is 0 Å². The van der Waals surface area contributed by atoms with E-state index >= 15 is 0 Å². The van der Waals surface area contributed by atoms with Gasteiger partial charge < -0.3 is 14.0 Å². The smallest absolute Gasteiger partial charge is 0.0949 e. The van der Waals surface area contributed by atoms with E-state index in [-0.39, 0.29) is 6.10 Å². The first-order valence-corrected chi connectivity index (χ1v) is 6.98. The quantitative estimate of drug-likeness (QED) is 0.694. The Hall–Kier alpha value is -1.65. The minimum Gasteiger partial charge on any atom is -0.375 e. The van der Waals surface area contributed by atoms with Crippen LogP contribution in [0.5, 0.6) is 0 Å². The largest absolute Gasteiger partial charge is 0.375 e. The topological polar surface area (TPSA) is 36.3 Å². The van der Waals surface area contributed by atoms with Crippen LogP contribution in [-0.2, 0) is 29.2 Å². The van der Waals surface area contributed by atoms with E-state index in [0.29, 0.717) is 19.8 Å². The Bertz CT molecular complexity index is 494. The molecule has 1 aromatic heterocycles. The molecule has 0 aliphatic heterocycles. The van der Waals surface area contributed by atoms with Gasteiger partial charge in [-0.1, -0.05) is 30.3 Å². The van der Waals surface area contributed by atoms with Crippen molar-refractivity contribution in [3.8, 4) is 0 Å². The van der Waals surface area contributed by atoms with E-state index in [0.717, 1.165) is 12.2 Å². The predicted octanol–water partition coefficient (Wildman–Crippen LogP) is 3.02. The monoisotopic (exact) mass is 274 g/mol. The van der Waals surface area contributed by atoms with Gasteiger partial charge in [0.1, 0.15) is 0 Å². The fourth-order valence-corrected chi connectivity index (χ4v) is 1.85. The minimum absolute atomic E-state index is 0.229. The minimum atomic E-state index is 0.229. The van der Waals surface area contributed by atoms with Gasteiger partial charge in [0.25, 0.3) is 0 Å². The molecule has 0 amide bonds. The van der Waals surface area contributed by atoms with E-state index in [1.54, 1.807) is 0 Å². The van der Waals surface area contributed by atoms with E-state index in [9.17, 15) is 0 Å². The standard InChI is InChI=1S/C16H22N2O2/c1-14(2)20-12-16-10-17-13-18(16)8-9-19-11-15-6-4-3-5-7-15/h3-7,10,13-14H,8-9,11-12H2,1-2H3. The lowest BCUT2D eigenvalue weighted by atomic mass is 10.2. The molecule has 4 heteroatoms. The average Bonchev–Trinajstić information content (AvgIpc) is 2.90. The lowest BCUT2D eigenvalue weighted by Gasteiger charge is -2.11. The van der Waals surface area contributed by atoms with Gasteiger partial charge in [0, 0.05) is 6.54 Å². The fourth-order valence-electron chi connectivity index (χ4n) is 1.85. The highest BCUT2D eigenvalue weighted by Gasteiger charge is 2.03. The highest BCUT2D eigenvalue weighted by Crippen LogP contribution is 2.05. The third-order valence-electron chi connectivity index (χ3n) is 2.95. The van der Waals surface area contributed by atoms with E-state index in [4.69, 9.17) is 9.47 Å². The van der Waals surface area contributed by atoms with Gasteiger partial charge >= 0.3 is 0 Å². The van der Waals surface area contributed by atoms with E-state index in [2.05, 4.69) is 21.7 Å². The van der Waals surface area contributed by atoms with Crippen LogP contribution in [0.1, 0.15) is 25.1 Å². The van der Waals surface area contributed by atoms with Crippen molar-refractivity contribution in [1.82, 2.24) is 9.55 Å². The van der Waals surface area contributed by atoms with Crippen molar-refractivity contribution in [2.24, 2.45) is 0 Å². The molecular weight excluding hydrogens is 252 g/mol. The third kappa shape index (κ3) is 4.79. The molecule has 2 rings (SSSR count). The summed E-state index contributed by atoms with van der Waals surface area (Å²) in [4.78, 5) is 4.16. The molecule has 0 aliphatic carbocycles. The number of hydrogen-bond acceptors (Lipinski definition) is 3. The van der Waals surface area contributed by atoms with Gasteiger partial charge in [0.05, 0.1) is 44.1 Å².